The Morgan fingerprint density at radius 2 is 2.33 bits per heavy atom. The Hall–Kier alpha value is -2.16. The lowest BCUT2D eigenvalue weighted by atomic mass is 10.1. The molecule has 9 heteroatoms. The Bertz CT molecular complexity index is 784. The lowest BCUT2D eigenvalue weighted by Crippen LogP contribution is -2.35. The Kier molecular flexibility index (Phi) is 6.13. The van der Waals surface area contributed by atoms with Gasteiger partial charge in [-0.2, -0.15) is 5.10 Å². The molecule has 0 fully saturated rings. The van der Waals surface area contributed by atoms with Crippen LogP contribution in [-0.2, 0) is 18.4 Å². The number of carbonyl (C=O) groups excluding carboxylic acids is 1. The molecule has 1 atom stereocenters. The van der Waals surface area contributed by atoms with Crippen LogP contribution in [-0.4, -0.2) is 27.7 Å². The minimum atomic E-state index is -0.452. The van der Waals surface area contributed by atoms with Crippen LogP contribution in [0.15, 0.2) is 40.6 Å². The van der Waals surface area contributed by atoms with Crippen molar-refractivity contribution in [1.82, 2.24) is 25.4 Å². The molecule has 0 spiro atoms. The van der Waals surface area contributed by atoms with E-state index in [4.69, 9.17) is 4.42 Å². The SMILES string of the molecule is CNC(C(=O)NCc1coc(-c2cccs2)n1)c1cnn(C)c1.Cl. The van der Waals surface area contributed by atoms with Crippen molar-refractivity contribution in [2.24, 2.45) is 7.05 Å². The smallest absolute Gasteiger partial charge is 0.242 e. The number of rotatable bonds is 6. The Morgan fingerprint density at radius 1 is 1.50 bits per heavy atom. The maximum atomic E-state index is 12.3. The molecule has 24 heavy (non-hydrogen) atoms. The molecule has 0 saturated heterocycles. The molecular formula is C15H18ClN5O2S. The highest BCUT2D eigenvalue weighted by molar-refractivity contribution is 7.13. The van der Waals surface area contributed by atoms with Crippen molar-refractivity contribution in [2.45, 2.75) is 12.6 Å². The second-order valence-electron chi connectivity index (χ2n) is 5.01. The van der Waals surface area contributed by atoms with Crippen LogP contribution in [0.1, 0.15) is 17.3 Å². The fourth-order valence-electron chi connectivity index (χ4n) is 2.22. The monoisotopic (exact) mass is 367 g/mol. The molecule has 0 radical (unpaired) electrons. The van der Waals surface area contributed by atoms with E-state index in [0.717, 1.165) is 10.4 Å². The molecule has 0 aliphatic rings. The molecule has 2 N–H and O–H groups in total. The quantitative estimate of drug-likeness (QED) is 0.697. The summed E-state index contributed by atoms with van der Waals surface area (Å²) in [6, 6.07) is 3.43. The van der Waals surface area contributed by atoms with Crippen molar-refractivity contribution in [2.75, 3.05) is 7.05 Å². The van der Waals surface area contributed by atoms with Gasteiger partial charge in [-0.05, 0) is 18.5 Å². The average Bonchev–Trinajstić information content (AvgIpc) is 3.27. The van der Waals surface area contributed by atoms with Gasteiger partial charge in [-0.3, -0.25) is 9.48 Å². The predicted octanol–water partition coefficient (Wildman–Crippen LogP) is 2.14. The van der Waals surface area contributed by atoms with Crippen LogP contribution < -0.4 is 10.6 Å². The van der Waals surface area contributed by atoms with E-state index < -0.39 is 6.04 Å². The van der Waals surface area contributed by atoms with Gasteiger partial charge in [0.05, 0.1) is 23.3 Å². The summed E-state index contributed by atoms with van der Waals surface area (Å²) in [6.07, 6.45) is 5.05. The van der Waals surface area contributed by atoms with Crippen LogP contribution in [0.2, 0.25) is 0 Å². The summed E-state index contributed by atoms with van der Waals surface area (Å²) in [7, 11) is 3.55. The molecule has 3 aromatic heterocycles. The highest BCUT2D eigenvalue weighted by Crippen LogP contribution is 2.23. The Labute approximate surface area is 149 Å². The lowest BCUT2D eigenvalue weighted by molar-refractivity contribution is -0.123. The van der Waals surface area contributed by atoms with E-state index in [0.29, 0.717) is 18.1 Å². The Balaban J connectivity index is 0.00000208. The van der Waals surface area contributed by atoms with E-state index in [2.05, 4.69) is 20.7 Å². The first-order valence-corrected chi connectivity index (χ1v) is 7.97. The molecule has 7 nitrogen and oxygen atoms in total. The molecule has 0 aromatic carbocycles. The van der Waals surface area contributed by atoms with Gasteiger partial charge in [-0.15, -0.1) is 23.7 Å². The number of nitrogens with one attached hydrogen (secondary N) is 2. The molecule has 0 bridgehead atoms. The van der Waals surface area contributed by atoms with Gasteiger partial charge in [0.25, 0.3) is 0 Å². The Morgan fingerprint density at radius 3 is 2.96 bits per heavy atom. The van der Waals surface area contributed by atoms with Crippen molar-refractivity contribution in [1.29, 1.82) is 0 Å². The zero-order chi connectivity index (χ0) is 16.2. The first-order chi connectivity index (χ1) is 11.2. The fraction of sp³-hybridized carbons (Fsp3) is 0.267. The second-order valence-corrected chi connectivity index (χ2v) is 5.96. The highest BCUT2D eigenvalue weighted by atomic mass is 35.5. The number of oxazole rings is 1. The maximum absolute atomic E-state index is 12.3. The van der Waals surface area contributed by atoms with Crippen LogP contribution in [0.25, 0.3) is 10.8 Å². The summed E-state index contributed by atoms with van der Waals surface area (Å²) in [5.74, 6) is 0.433. The molecule has 0 aliphatic carbocycles. The molecule has 3 heterocycles. The average molecular weight is 368 g/mol. The molecule has 1 amide bonds. The van der Waals surface area contributed by atoms with E-state index in [-0.39, 0.29) is 18.3 Å². The first-order valence-electron chi connectivity index (χ1n) is 7.09. The van der Waals surface area contributed by atoms with Crippen molar-refractivity contribution < 1.29 is 9.21 Å². The van der Waals surface area contributed by atoms with Crippen LogP contribution in [0.4, 0.5) is 0 Å². The number of halogens is 1. The predicted molar refractivity (Wildman–Crippen MR) is 93.9 cm³/mol. The minimum absolute atomic E-state index is 0. The van der Waals surface area contributed by atoms with Gasteiger partial charge in [0, 0.05) is 18.8 Å². The molecule has 3 aromatic rings. The van der Waals surface area contributed by atoms with Crippen molar-refractivity contribution in [3.05, 3.63) is 47.4 Å². The largest absolute Gasteiger partial charge is 0.443 e. The molecular weight excluding hydrogens is 350 g/mol. The van der Waals surface area contributed by atoms with E-state index in [1.54, 1.807) is 35.5 Å². The maximum Gasteiger partial charge on any atom is 0.242 e. The molecule has 128 valence electrons. The zero-order valence-electron chi connectivity index (χ0n) is 13.2. The van der Waals surface area contributed by atoms with Gasteiger partial charge < -0.3 is 15.1 Å². The van der Waals surface area contributed by atoms with Gasteiger partial charge in [-0.1, -0.05) is 6.07 Å². The van der Waals surface area contributed by atoms with Crippen molar-refractivity contribution >= 4 is 29.7 Å². The first kappa shape index (κ1) is 18.2. The number of amides is 1. The number of nitrogens with zero attached hydrogens (tertiary/aromatic N) is 3. The summed E-state index contributed by atoms with van der Waals surface area (Å²) in [4.78, 5) is 17.7. The van der Waals surface area contributed by atoms with Crippen LogP contribution >= 0.6 is 23.7 Å². The second kappa shape index (κ2) is 8.09. The number of aromatic nitrogens is 3. The standard InChI is InChI=1S/C15H17N5O2S.ClH/c1-16-13(10-6-18-20(2)8-10)14(21)17-7-11-9-22-15(19-11)12-4-3-5-23-12;/h3-6,8-9,13,16H,7H2,1-2H3,(H,17,21);1H. The number of aryl methyl sites for hydroxylation is 1. The third-order valence-electron chi connectivity index (χ3n) is 3.34. The molecule has 1 unspecified atom stereocenters. The van der Waals surface area contributed by atoms with Crippen molar-refractivity contribution in [3.63, 3.8) is 0 Å². The number of carbonyl (C=O) groups is 1. The molecule has 0 aliphatic heterocycles. The van der Waals surface area contributed by atoms with Crippen LogP contribution in [0.5, 0.6) is 0 Å². The summed E-state index contributed by atoms with van der Waals surface area (Å²) in [6.45, 7) is 0.312. The third kappa shape index (κ3) is 4.02. The summed E-state index contributed by atoms with van der Waals surface area (Å²) < 4.78 is 7.10. The third-order valence-corrected chi connectivity index (χ3v) is 4.19. The summed E-state index contributed by atoms with van der Waals surface area (Å²) >= 11 is 1.56. The van der Waals surface area contributed by atoms with Gasteiger partial charge in [0.1, 0.15) is 12.3 Å². The van der Waals surface area contributed by atoms with Crippen LogP contribution in [0.3, 0.4) is 0 Å². The van der Waals surface area contributed by atoms with E-state index >= 15 is 0 Å². The zero-order valence-corrected chi connectivity index (χ0v) is 14.9. The number of likely N-dealkylation sites (N-methyl/N-ethyl adjacent to an activating group) is 1. The fourth-order valence-corrected chi connectivity index (χ4v) is 2.88. The van der Waals surface area contributed by atoms with Crippen LogP contribution in [0, 0.1) is 0 Å². The topological polar surface area (TPSA) is 85.0 Å². The van der Waals surface area contributed by atoms with E-state index in [9.17, 15) is 4.79 Å². The number of thiophene rings is 1. The van der Waals surface area contributed by atoms with Gasteiger partial charge in [0.15, 0.2) is 0 Å². The van der Waals surface area contributed by atoms with Gasteiger partial charge >= 0.3 is 0 Å². The molecule has 0 saturated carbocycles. The van der Waals surface area contributed by atoms with E-state index in [1.807, 2.05) is 30.8 Å². The van der Waals surface area contributed by atoms with E-state index in [1.165, 1.54) is 0 Å². The van der Waals surface area contributed by atoms with Gasteiger partial charge in [0.2, 0.25) is 11.8 Å². The van der Waals surface area contributed by atoms with Gasteiger partial charge in [-0.25, -0.2) is 4.98 Å². The normalized spacial score (nSPS) is 11.8. The lowest BCUT2D eigenvalue weighted by Gasteiger charge is -2.13. The van der Waals surface area contributed by atoms with Crippen molar-refractivity contribution in [3.8, 4) is 10.8 Å². The summed E-state index contributed by atoms with van der Waals surface area (Å²) in [5, 5.41) is 11.9. The highest BCUT2D eigenvalue weighted by Gasteiger charge is 2.20. The molecule has 3 rings (SSSR count). The number of hydrogen-bond donors (Lipinski definition) is 2. The summed E-state index contributed by atoms with van der Waals surface area (Å²) in [5.41, 5.74) is 1.50. The minimum Gasteiger partial charge on any atom is -0.443 e. The number of hydrogen-bond acceptors (Lipinski definition) is 6.